The van der Waals surface area contributed by atoms with Gasteiger partial charge in [0.25, 0.3) is 10.1 Å². The van der Waals surface area contributed by atoms with Gasteiger partial charge in [-0.3, -0.25) is 4.18 Å². The zero-order chi connectivity index (χ0) is 12.4. The summed E-state index contributed by atoms with van der Waals surface area (Å²) in [5.74, 6) is 0. The lowest BCUT2D eigenvalue weighted by Crippen LogP contribution is -2.18. The molecular weight excluding hydrogens is 224 g/mol. The maximum Gasteiger partial charge on any atom is 0.296 e. The minimum absolute atomic E-state index is 0.169. The van der Waals surface area contributed by atoms with Crippen LogP contribution in [0, 0.1) is 12.3 Å². The van der Waals surface area contributed by atoms with Crippen molar-refractivity contribution in [3.05, 3.63) is 29.8 Å². The Morgan fingerprint density at radius 1 is 1.12 bits per heavy atom. The second kappa shape index (κ2) is 4.55. The van der Waals surface area contributed by atoms with E-state index >= 15 is 0 Å². The van der Waals surface area contributed by atoms with Gasteiger partial charge >= 0.3 is 0 Å². The molecule has 0 aromatic heterocycles. The first-order valence-corrected chi connectivity index (χ1v) is 6.58. The molecule has 0 aliphatic heterocycles. The van der Waals surface area contributed by atoms with Gasteiger partial charge in [-0.25, -0.2) is 0 Å². The maximum atomic E-state index is 11.8. The number of rotatable bonds is 3. The summed E-state index contributed by atoms with van der Waals surface area (Å²) in [5, 5.41) is 0. The van der Waals surface area contributed by atoms with Gasteiger partial charge in [0.05, 0.1) is 11.5 Å². The summed E-state index contributed by atoms with van der Waals surface area (Å²) in [6.45, 7) is 7.88. The van der Waals surface area contributed by atoms with Crippen molar-refractivity contribution in [3.8, 4) is 0 Å². The van der Waals surface area contributed by atoms with Gasteiger partial charge in [0.1, 0.15) is 0 Å². The van der Waals surface area contributed by atoms with E-state index in [1.165, 1.54) is 0 Å². The molecule has 0 N–H and O–H groups in total. The van der Waals surface area contributed by atoms with E-state index in [1.807, 2.05) is 27.7 Å². The average Bonchev–Trinajstić information content (AvgIpc) is 2.15. The Morgan fingerprint density at radius 3 is 2.06 bits per heavy atom. The molecule has 0 fully saturated rings. The first-order chi connectivity index (χ1) is 7.21. The van der Waals surface area contributed by atoms with Crippen LogP contribution in [0.25, 0.3) is 0 Å². The fraction of sp³-hybridized carbons (Fsp3) is 0.500. The molecule has 0 saturated carbocycles. The standard InChI is InChI=1S/C12H18O3S/c1-10-5-7-11(8-6-10)16(13,14)15-9-12(2,3)4/h5-8H,9H2,1-4H3. The predicted molar refractivity (Wildman–Crippen MR) is 63.8 cm³/mol. The van der Waals surface area contributed by atoms with Crippen LogP contribution in [-0.4, -0.2) is 15.0 Å². The SMILES string of the molecule is Cc1ccc(S(=O)(=O)OCC(C)(C)C)cc1. The number of hydrogen-bond acceptors (Lipinski definition) is 3. The van der Waals surface area contributed by atoms with Crippen molar-refractivity contribution in [1.29, 1.82) is 0 Å². The molecule has 0 radical (unpaired) electrons. The fourth-order valence-corrected chi connectivity index (χ4v) is 2.14. The van der Waals surface area contributed by atoms with Crippen LogP contribution in [-0.2, 0) is 14.3 Å². The van der Waals surface area contributed by atoms with Crippen LogP contribution in [0.1, 0.15) is 26.3 Å². The topological polar surface area (TPSA) is 43.4 Å². The molecule has 1 aromatic rings. The van der Waals surface area contributed by atoms with Crippen LogP contribution in [0.2, 0.25) is 0 Å². The number of hydrogen-bond donors (Lipinski definition) is 0. The van der Waals surface area contributed by atoms with Crippen molar-refractivity contribution < 1.29 is 12.6 Å². The molecule has 16 heavy (non-hydrogen) atoms. The second-order valence-corrected chi connectivity index (χ2v) is 6.71. The zero-order valence-electron chi connectivity index (χ0n) is 10.1. The van der Waals surface area contributed by atoms with E-state index in [0.717, 1.165) is 5.56 Å². The molecule has 0 unspecified atom stereocenters. The van der Waals surface area contributed by atoms with Crippen molar-refractivity contribution in [3.63, 3.8) is 0 Å². The van der Waals surface area contributed by atoms with E-state index in [2.05, 4.69) is 0 Å². The van der Waals surface area contributed by atoms with Gasteiger partial charge in [0, 0.05) is 0 Å². The third-order valence-electron chi connectivity index (χ3n) is 1.96. The third kappa shape index (κ3) is 3.94. The van der Waals surface area contributed by atoms with Gasteiger partial charge in [0.2, 0.25) is 0 Å². The molecule has 1 rings (SSSR count). The molecule has 0 bridgehead atoms. The maximum absolute atomic E-state index is 11.8. The molecule has 0 amide bonds. The summed E-state index contributed by atoms with van der Waals surface area (Å²) in [4.78, 5) is 0.211. The normalized spacial score (nSPS) is 12.8. The van der Waals surface area contributed by atoms with E-state index in [4.69, 9.17) is 4.18 Å². The van der Waals surface area contributed by atoms with Crippen molar-refractivity contribution in [1.82, 2.24) is 0 Å². The quantitative estimate of drug-likeness (QED) is 0.765. The van der Waals surface area contributed by atoms with E-state index in [9.17, 15) is 8.42 Å². The molecule has 0 saturated heterocycles. The van der Waals surface area contributed by atoms with Crippen LogP contribution in [0.4, 0.5) is 0 Å². The molecule has 0 spiro atoms. The Bertz CT molecular complexity index is 438. The van der Waals surface area contributed by atoms with E-state index in [0.29, 0.717) is 0 Å². The molecule has 90 valence electrons. The Kier molecular flexibility index (Phi) is 3.76. The number of benzene rings is 1. The minimum Gasteiger partial charge on any atom is -0.266 e. The highest BCUT2D eigenvalue weighted by molar-refractivity contribution is 7.86. The summed E-state index contributed by atoms with van der Waals surface area (Å²) in [6.07, 6.45) is 0. The second-order valence-electron chi connectivity index (χ2n) is 5.09. The molecule has 0 aliphatic carbocycles. The zero-order valence-corrected chi connectivity index (χ0v) is 11.0. The summed E-state index contributed by atoms with van der Waals surface area (Å²) in [7, 11) is -3.61. The minimum atomic E-state index is -3.61. The molecular formula is C12H18O3S. The molecule has 0 atom stereocenters. The highest BCUT2D eigenvalue weighted by Crippen LogP contribution is 2.19. The van der Waals surface area contributed by atoms with Gasteiger partial charge in [0.15, 0.2) is 0 Å². The van der Waals surface area contributed by atoms with Crippen molar-refractivity contribution >= 4 is 10.1 Å². The molecule has 1 aromatic carbocycles. The van der Waals surface area contributed by atoms with Crippen molar-refractivity contribution in [2.75, 3.05) is 6.61 Å². The lowest BCUT2D eigenvalue weighted by atomic mass is 9.99. The Labute approximate surface area is 97.6 Å². The Morgan fingerprint density at radius 2 is 1.62 bits per heavy atom. The van der Waals surface area contributed by atoms with Crippen LogP contribution in [0.5, 0.6) is 0 Å². The highest BCUT2D eigenvalue weighted by Gasteiger charge is 2.19. The summed E-state index contributed by atoms with van der Waals surface area (Å²) >= 11 is 0. The van der Waals surface area contributed by atoms with Crippen LogP contribution < -0.4 is 0 Å². The van der Waals surface area contributed by atoms with Gasteiger partial charge in [-0.05, 0) is 24.5 Å². The molecule has 4 heteroatoms. The van der Waals surface area contributed by atoms with Crippen molar-refractivity contribution in [2.24, 2.45) is 5.41 Å². The largest absolute Gasteiger partial charge is 0.296 e. The Balaban J connectivity index is 2.83. The monoisotopic (exact) mass is 242 g/mol. The molecule has 0 heterocycles. The van der Waals surface area contributed by atoms with Gasteiger partial charge < -0.3 is 0 Å². The van der Waals surface area contributed by atoms with Gasteiger partial charge in [-0.2, -0.15) is 8.42 Å². The first kappa shape index (κ1) is 13.2. The van der Waals surface area contributed by atoms with Crippen LogP contribution in [0.3, 0.4) is 0 Å². The van der Waals surface area contributed by atoms with Crippen LogP contribution in [0.15, 0.2) is 29.2 Å². The summed E-state index contributed by atoms with van der Waals surface area (Å²) in [6, 6.07) is 6.64. The van der Waals surface area contributed by atoms with E-state index < -0.39 is 10.1 Å². The van der Waals surface area contributed by atoms with E-state index in [-0.39, 0.29) is 16.9 Å². The average molecular weight is 242 g/mol. The lowest BCUT2D eigenvalue weighted by Gasteiger charge is -2.17. The summed E-state index contributed by atoms with van der Waals surface area (Å²) in [5.41, 5.74) is 0.854. The molecule has 3 nitrogen and oxygen atoms in total. The molecule has 0 aliphatic rings. The van der Waals surface area contributed by atoms with Crippen molar-refractivity contribution in [2.45, 2.75) is 32.6 Å². The number of aryl methyl sites for hydroxylation is 1. The highest BCUT2D eigenvalue weighted by atomic mass is 32.2. The van der Waals surface area contributed by atoms with Gasteiger partial charge in [-0.1, -0.05) is 38.5 Å². The van der Waals surface area contributed by atoms with Gasteiger partial charge in [-0.15, -0.1) is 0 Å². The third-order valence-corrected chi connectivity index (χ3v) is 3.23. The summed E-state index contributed by atoms with van der Waals surface area (Å²) < 4.78 is 28.5. The smallest absolute Gasteiger partial charge is 0.266 e. The lowest BCUT2D eigenvalue weighted by molar-refractivity contribution is 0.203. The van der Waals surface area contributed by atoms with E-state index in [1.54, 1.807) is 24.3 Å². The fourth-order valence-electron chi connectivity index (χ4n) is 1.03. The Hall–Kier alpha value is -0.870. The van der Waals surface area contributed by atoms with Crippen LogP contribution >= 0.6 is 0 Å². The predicted octanol–water partition coefficient (Wildman–Crippen LogP) is 2.75. The first-order valence-electron chi connectivity index (χ1n) is 5.17.